The van der Waals surface area contributed by atoms with E-state index in [0.29, 0.717) is 22.1 Å². The fourth-order valence-corrected chi connectivity index (χ4v) is 5.85. The molecule has 1 N–H and O–H groups in total. The molecule has 2 rings (SSSR count). The van der Waals surface area contributed by atoms with Gasteiger partial charge in [0.05, 0.1) is 11.2 Å². The summed E-state index contributed by atoms with van der Waals surface area (Å²) in [6, 6.07) is 4.76. The first-order chi connectivity index (χ1) is 12.1. The summed E-state index contributed by atoms with van der Waals surface area (Å²) in [5.74, 6) is 0. The van der Waals surface area contributed by atoms with E-state index >= 15 is 0 Å². The van der Waals surface area contributed by atoms with Gasteiger partial charge in [-0.05, 0) is 38.0 Å². The third-order valence-electron chi connectivity index (χ3n) is 3.56. The van der Waals surface area contributed by atoms with Gasteiger partial charge in [0.1, 0.15) is 0 Å². The van der Waals surface area contributed by atoms with Crippen LogP contribution < -0.4 is 9.03 Å². The van der Waals surface area contributed by atoms with Crippen LogP contribution >= 0.6 is 22.9 Å². The number of nitrogens with one attached hydrogen (secondary N) is 1. The average Bonchev–Trinajstić information content (AvgIpc) is 2.97. The molecule has 1 aromatic carbocycles. The Bertz CT molecular complexity index is 987. The molecular weight excluding hydrogens is 418 g/mol. The SMILES string of the molecule is CCN(c1ncc(CCNS(C)(=O)=O)s1)S(=O)(=O)c1cccc(Cl)c1C. The summed E-state index contributed by atoms with van der Waals surface area (Å²) in [6.45, 7) is 3.83. The third-order valence-corrected chi connectivity index (χ3v) is 7.91. The molecule has 0 atom stereocenters. The molecule has 1 aromatic heterocycles. The molecule has 0 fully saturated rings. The minimum atomic E-state index is -3.80. The third kappa shape index (κ3) is 4.95. The fraction of sp³-hybridized carbons (Fsp3) is 0.400. The number of benzene rings is 1. The highest BCUT2D eigenvalue weighted by Crippen LogP contribution is 2.31. The van der Waals surface area contributed by atoms with Gasteiger partial charge in [-0.2, -0.15) is 0 Å². The lowest BCUT2D eigenvalue weighted by Crippen LogP contribution is -2.31. The van der Waals surface area contributed by atoms with Crippen LogP contribution in [-0.2, 0) is 26.5 Å². The zero-order chi connectivity index (χ0) is 19.5. The van der Waals surface area contributed by atoms with Gasteiger partial charge in [0.25, 0.3) is 10.0 Å². The summed E-state index contributed by atoms with van der Waals surface area (Å²) in [5, 5.41) is 0.718. The largest absolute Gasteiger partial charge is 0.266 e. The molecule has 144 valence electrons. The number of hydrogen-bond acceptors (Lipinski definition) is 6. The van der Waals surface area contributed by atoms with Crippen molar-refractivity contribution < 1.29 is 16.8 Å². The van der Waals surface area contributed by atoms with Crippen LogP contribution in [0.5, 0.6) is 0 Å². The summed E-state index contributed by atoms with van der Waals surface area (Å²) >= 11 is 7.28. The van der Waals surface area contributed by atoms with Gasteiger partial charge >= 0.3 is 0 Å². The quantitative estimate of drug-likeness (QED) is 0.684. The van der Waals surface area contributed by atoms with Crippen LogP contribution in [0.1, 0.15) is 17.4 Å². The van der Waals surface area contributed by atoms with E-state index in [0.717, 1.165) is 11.1 Å². The van der Waals surface area contributed by atoms with E-state index in [1.165, 1.54) is 21.7 Å². The van der Waals surface area contributed by atoms with Gasteiger partial charge in [0.15, 0.2) is 5.13 Å². The van der Waals surface area contributed by atoms with Gasteiger partial charge in [0, 0.05) is 29.2 Å². The first-order valence-electron chi connectivity index (χ1n) is 7.73. The number of thiazole rings is 1. The Labute approximate surface area is 163 Å². The molecule has 7 nitrogen and oxygen atoms in total. The van der Waals surface area contributed by atoms with Crippen LogP contribution in [0.25, 0.3) is 0 Å². The van der Waals surface area contributed by atoms with Crippen molar-refractivity contribution >= 4 is 48.1 Å². The molecule has 0 unspecified atom stereocenters. The van der Waals surface area contributed by atoms with Crippen molar-refractivity contribution in [3.8, 4) is 0 Å². The molecule has 2 aromatic rings. The zero-order valence-corrected chi connectivity index (χ0v) is 17.8. The molecule has 0 aliphatic rings. The van der Waals surface area contributed by atoms with Crippen molar-refractivity contribution in [3.05, 3.63) is 39.9 Å². The predicted octanol–water partition coefficient (Wildman–Crippen LogP) is 2.41. The molecule has 0 amide bonds. The summed E-state index contributed by atoms with van der Waals surface area (Å²) in [7, 11) is -7.06. The number of hydrogen-bond donors (Lipinski definition) is 1. The maximum absolute atomic E-state index is 13.0. The van der Waals surface area contributed by atoms with E-state index in [4.69, 9.17) is 11.6 Å². The minimum absolute atomic E-state index is 0.141. The predicted molar refractivity (Wildman–Crippen MR) is 105 cm³/mol. The maximum atomic E-state index is 13.0. The van der Waals surface area contributed by atoms with Crippen molar-refractivity contribution in [2.75, 3.05) is 23.7 Å². The Morgan fingerprint density at radius 3 is 2.58 bits per heavy atom. The first kappa shape index (κ1) is 21.1. The summed E-state index contributed by atoms with van der Waals surface area (Å²) in [6.07, 6.45) is 3.08. The highest BCUT2D eigenvalue weighted by atomic mass is 35.5. The number of aromatic nitrogens is 1. The van der Waals surface area contributed by atoms with E-state index < -0.39 is 20.0 Å². The first-order valence-corrected chi connectivity index (χ1v) is 12.3. The van der Waals surface area contributed by atoms with Crippen LogP contribution in [-0.4, -0.2) is 41.2 Å². The molecule has 0 aliphatic carbocycles. The molecule has 0 saturated carbocycles. The smallest absolute Gasteiger partial charge is 0.241 e. The van der Waals surface area contributed by atoms with Crippen LogP contribution in [0, 0.1) is 6.92 Å². The van der Waals surface area contributed by atoms with E-state index in [1.54, 1.807) is 32.2 Å². The van der Waals surface area contributed by atoms with E-state index in [2.05, 4.69) is 9.71 Å². The van der Waals surface area contributed by atoms with Gasteiger partial charge in [-0.1, -0.05) is 17.7 Å². The highest BCUT2D eigenvalue weighted by Gasteiger charge is 2.28. The molecule has 11 heteroatoms. The average molecular weight is 438 g/mol. The molecule has 1 heterocycles. The van der Waals surface area contributed by atoms with Crippen molar-refractivity contribution in [1.29, 1.82) is 0 Å². The lowest BCUT2D eigenvalue weighted by Gasteiger charge is -2.21. The van der Waals surface area contributed by atoms with Crippen LogP contribution in [0.2, 0.25) is 5.02 Å². The van der Waals surface area contributed by atoms with Gasteiger partial charge in [0.2, 0.25) is 10.0 Å². The lowest BCUT2D eigenvalue weighted by molar-refractivity contribution is 0.587. The van der Waals surface area contributed by atoms with Gasteiger partial charge < -0.3 is 0 Å². The van der Waals surface area contributed by atoms with Gasteiger partial charge in [-0.15, -0.1) is 11.3 Å². The Balaban J connectivity index is 2.27. The monoisotopic (exact) mass is 437 g/mol. The van der Waals surface area contributed by atoms with Gasteiger partial charge in [-0.3, -0.25) is 0 Å². The lowest BCUT2D eigenvalue weighted by atomic mass is 10.2. The van der Waals surface area contributed by atoms with Gasteiger partial charge in [-0.25, -0.2) is 30.8 Å². The topological polar surface area (TPSA) is 96.4 Å². The minimum Gasteiger partial charge on any atom is -0.241 e. The van der Waals surface area contributed by atoms with Crippen molar-refractivity contribution in [1.82, 2.24) is 9.71 Å². The maximum Gasteiger partial charge on any atom is 0.266 e. The second-order valence-electron chi connectivity index (χ2n) is 5.56. The summed E-state index contributed by atoms with van der Waals surface area (Å²) in [4.78, 5) is 5.13. The molecule has 0 bridgehead atoms. The highest BCUT2D eigenvalue weighted by molar-refractivity contribution is 7.93. The van der Waals surface area contributed by atoms with E-state index in [9.17, 15) is 16.8 Å². The Morgan fingerprint density at radius 2 is 1.96 bits per heavy atom. The Morgan fingerprint density at radius 1 is 1.27 bits per heavy atom. The van der Waals surface area contributed by atoms with E-state index in [1.807, 2.05) is 0 Å². The number of sulfonamides is 2. The Hall–Kier alpha value is -1.20. The van der Waals surface area contributed by atoms with Crippen LogP contribution in [0.4, 0.5) is 5.13 Å². The van der Waals surface area contributed by atoms with E-state index in [-0.39, 0.29) is 18.0 Å². The number of rotatable bonds is 8. The molecule has 0 spiro atoms. The molecule has 0 saturated heterocycles. The summed E-state index contributed by atoms with van der Waals surface area (Å²) < 4.78 is 51.9. The molecule has 26 heavy (non-hydrogen) atoms. The standard InChI is InChI=1S/C15H20ClN3O4S3/c1-4-19(26(22,23)14-7-5-6-13(16)11(14)2)15-17-10-12(24-15)8-9-18-25(3,20)21/h5-7,10,18H,4,8-9H2,1-3H3. The second-order valence-corrected chi connectivity index (χ2v) is 10.7. The number of anilines is 1. The second kappa shape index (κ2) is 8.22. The summed E-state index contributed by atoms with van der Waals surface area (Å²) in [5.41, 5.74) is 0.488. The van der Waals surface area contributed by atoms with Crippen LogP contribution in [0.3, 0.4) is 0 Å². The molecule has 0 aliphatic heterocycles. The van der Waals surface area contributed by atoms with Crippen molar-refractivity contribution in [2.45, 2.75) is 25.2 Å². The number of nitrogens with zero attached hydrogens (tertiary/aromatic N) is 2. The van der Waals surface area contributed by atoms with Crippen molar-refractivity contribution in [3.63, 3.8) is 0 Å². The molecular formula is C15H20ClN3O4S3. The zero-order valence-electron chi connectivity index (χ0n) is 14.6. The van der Waals surface area contributed by atoms with Crippen LogP contribution in [0.15, 0.2) is 29.3 Å². The Kier molecular flexibility index (Phi) is 6.67. The molecule has 0 radical (unpaired) electrons. The fourth-order valence-electron chi connectivity index (χ4n) is 2.28. The van der Waals surface area contributed by atoms with Crippen molar-refractivity contribution in [2.24, 2.45) is 0 Å². The normalized spacial score (nSPS) is 12.3. The number of halogens is 1.